The number of aromatic carboxylic acids is 1. The van der Waals surface area contributed by atoms with Crippen molar-refractivity contribution >= 4 is 17.3 Å². The van der Waals surface area contributed by atoms with Crippen LogP contribution in [0.15, 0.2) is 60.7 Å². The van der Waals surface area contributed by atoms with E-state index in [1.165, 1.54) is 22.9 Å². The lowest BCUT2D eigenvalue weighted by Gasteiger charge is -2.19. The van der Waals surface area contributed by atoms with E-state index in [0.29, 0.717) is 12.6 Å². The number of nitrogens with zero attached hydrogens (tertiary/aromatic N) is 2. The third kappa shape index (κ3) is 4.09. The Kier molecular flexibility index (Phi) is 5.01. The number of aromatic nitrogens is 2. The summed E-state index contributed by atoms with van der Waals surface area (Å²) in [6.45, 7) is 6.71. The van der Waals surface area contributed by atoms with Gasteiger partial charge in [0.15, 0.2) is 5.69 Å². The Labute approximate surface area is 141 Å². The zero-order chi connectivity index (χ0) is 18.8. The van der Waals surface area contributed by atoms with E-state index in [1.807, 2.05) is 0 Å². The second-order valence-corrected chi connectivity index (χ2v) is 5.39. The van der Waals surface area contributed by atoms with E-state index < -0.39 is 23.3 Å². The van der Waals surface area contributed by atoms with E-state index in [4.69, 9.17) is 0 Å². The lowest BCUT2D eigenvalue weighted by Crippen LogP contribution is -2.20. The molecule has 0 aromatic carbocycles. The van der Waals surface area contributed by atoms with Gasteiger partial charge in [-0.2, -0.15) is 0 Å². The molecule has 0 radical (unpaired) electrons. The molecule has 25 heavy (non-hydrogen) atoms. The minimum Gasteiger partial charge on any atom is -0.476 e. The Hall–Kier alpha value is -3.03. The summed E-state index contributed by atoms with van der Waals surface area (Å²) < 4.78 is 41.4. The maximum absolute atomic E-state index is 13.5. The minimum atomic E-state index is -3.26. The van der Waals surface area contributed by atoms with Gasteiger partial charge in [-0.1, -0.05) is 13.2 Å². The van der Waals surface area contributed by atoms with Gasteiger partial charge in [0, 0.05) is 31.4 Å². The molecule has 8 heteroatoms. The molecule has 132 valence electrons. The van der Waals surface area contributed by atoms with Crippen molar-refractivity contribution < 1.29 is 23.1 Å². The molecule has 2 aromatic rings. The van der Waals surface area contributed by atoms with Crippen molar-refractivity contribution in [2.24, 2.45) is 0 Å². The van der Waals surface area contributed by atoms with Crippen LogP contribution in [0.2, 0.25) is 0 Å². The molecule has 2 heterocycles. The van der Waals surface area contributed by atoms with Crippen molar-refractivity contribution in [1.29, 1.82) is 0 Å². The number of rotatable bonds is 7. The van der Waals surface area contributed by atoms with Gasteiger partial charge in [0.1, 0.15) is 11.5 Å². The van der Waals surface area contributed by atoms with Gasteiger partial charge >= 0.3 is 5.97 Å². The van der Waals surface area contributed by atoms with Gasteiger partial charge in [0.05, 0.1) is 5.69 Å². The Balaban J connectivity index is 2.37. The Morgan fingerprint density at radius 3 is 2.68 bits per heavy atom. The standard InChI is InChI=1S/C17H16F3N3O2/c1-10(18)8-12(11(2)17(3,19)20)9-22-13-4-5-14-21-6-7-23(14)15(13)16(24)25/h4-8,22H,1-2,9H2,3H3,(H,24,25)/b12-8-. The number of anilines is 1. The van der Waals surface area contributed by atoms with Crippen LogP contribution in [0.4, 0.5) is 18.9 Å². The number of carbonyl (C=O) groups is 1. The third-order valence-electron chi connectivity index (χ3n) is 3.48. The second-order valence-electron chi connectivity index (χ2n) is 5.39. The first-order valence-electron chi connectivity index (χ1n) is 7.17. The quantitative estimate of drug-likeness (QED) is 0.738. The summed E-state index contributed by atoms with van der Waals surface area (Å²) in [6, 6.07) is 3.02. The van der Waals surface area contributed by atoms with E-state index in [0.717, 1.165) is 6.08 Å². The fraction of sp³-hybridized carbons (Fsp3) is 0.176. The van der Waals surface area contributed by atoms with Crippen molar-refractivity contribution in [1.82, 2.24) is 9.38 Å². The average Bonchev–Trinajstić information content (AvgIpc) is 2.96. The highest BCUT2D eigenvalue weighted by Crippen LogP contribution is 2.29. The zero-order valence-electron chi connectivity index (χ0n) is 13.4. The van der Waals surface area contributed by atoms with Gasteiger partial charge in [-0.3, -0.25) is 4.40 Å². The summed E-state index contributed by atoms with van der Waals surface area (Å²) in [5.41, 5.74) is -0.246. The highest BCUT2D eigenvalue weighted by atomic mass is 19.3. The maximum Gasteiger partial charge on any atom is 0.355 e. The largest absolute Gasteiger partial charge is 0.476 e. The van der Waals surface area contributed by atoms with Crippen LogP contribution in [0, 0.1) is 0 Å². The van der Waals surface area contributed by atoms with Gasteiger partial charge in [-0.15, -0.1) is 0 Å². The summed E-state index contributed by atoms with van der Waals surface area (Å²) in [5.74, 6) is -5.40. The lowest BCUT2D eigenvalue weighted by atomic mass is 10.0. The molecule has 5 nitrogen and oxygen atoms in total. The molecule has 2 rings (SSSR count). The average molecular weight is 351 g/mol. The molecule has 0 aliphatic carbocycles. The highest BCUT2D eigenvalue weighted by Gasteiger charge is 2.28. The summed E-state index contributed by atoms with van der Waals surface area (Å²) in [5, 5.41) is 12.2. The first kappa shape index (κ1) is 18.3. The molecule has 0 aliphatic heterocycles. The highest BCUT2D eigenvalue weighted by molar-refractivity contribution is 5.93. The topological polar surface area (TPSA) is 66.6 Å². The number of nitrogens with one attached hydrogen (secondary N) is 1. The van der Waals surface area contributed by atoms with Gasteiger partial charge in [-0.25, -0.2) is 22.9 Å². The Morgan fingerprint density at radius 1 is 1.44 bits per heavy atom. The molecule has 0 fully saturated rings. The van der Waals surface area contributed by atoms with E-state index in [-0.39, 0.29) is 23.5 Å². The van der Waals surface area contributed by atoms with Crippen molar-refractivity contribution in [2.45, 2.75) is 12.8 Å². The Bertz CT molecular complexity index is 879. The first-order valence-corrected chi connectivity index (χ1v) is 7.17. The summed E-state index contributed by atoms with van der Waals surface area (Å²) in [6.07, 6.45) is 3.73. The zero-order valence-corrected chi connectivity index (χ0v) is 13.4. The summed E-state index contributed by atoms with van der Waals surface area (Å²) in [7, 11) is 0. The molecule has 0 spiro atoms. The number of carboxylic acids is 1. The number of hydrogen-bond acceptors (Lipinski definition) is 3. The van der Waals surface area contributed by atoms with Crippen LogP contribution < -0.4 is 5.32 Å². The van der Waals surface area contributed by atoms with Crippen LogP contribution in [0.1, 0.15) is 17.4 Å². The van der Waals surface area contributed by atoms with Gasteiger partial charge in [-0.05, 0) is 23.8 Å². The number of pyridine rings is 1. The third-order valence-corrected chi connectivity index (χ3v) is 3.48. The number of imidazole rings is 1. The molecule has 2 N–H and O–H groups in total. The monoisotopic (exact) mass is 351 g/mol. The van der Waals surface area contributed by atoms with Crippen molar-refractivity contribution in [3.8, 4) is 0 Å². The van der Waals surface area contributed by atoms with E-state index >= 15 is 0 Å². The number of hydrogen-bond donors (Lipinski definition) is 2. The van der Waals surface area contributed by atoms with Gasteiger partial charge < -0.3 is 10.4 Å². The van der Waals surface area contributed by atoms with Crippen LogP contribution in [-0.2, 0) is 0 Å². The van der Waals surface area contributed by atoms with E-state index in [1.54, 1.807) is 6.07 Å². The molecule has 0 bridgehead atoms. The maximum atomic E-state index is 13.5. The van der Waals surface area contributed by atoms with E-state index in [2.05, 4.69) is 23.5 Å². The number of fused-ring (bicyclic) bond motifs is 1. The SMILES string of the molecule is C=C(F)/C=C(/CNc1ccc2nccn2c1C(=O)O)C(=C)C(C)(F)F. The summed E-state index contributed by atoms with van der Waals surface area (Å²) in [4.78, 5) is 15.5. The molecular formula is C17H16F3N3O2. The van der Waals surface area contributed by atoms with E-state index in [9.17, 15) is 23.1 Å². The number of alkyl halides is 2. The lowest BCUT2D eigenvalue weighted by molar-refractivity contribution is 0.0660. The molecule has 0 saturated heterocycles. The normalized spacial score (nSPS) is 12.2. The number of halogens is 3. The van der Waals surface area contributed by atoms with Crippen molar-refractivity contribution in [3.63, 3.8) is 0 Å². The predicted molar refractivity (Wildman–Crippen MR) is 88.7 cm³/mol. The Morgan fingerprint density at radius 2 is 2.12 bits per heavy atom. The van der Waals surface area contributed by atoms with Crippen LogP contribution in [0.25, 0.3) is 5.65 Å². The van der Waals surface area contributed by atoms with Crippen LogP contribution >= 0.6 is 0 Å². The molecule has 0 saturated carbocycles. The van der Waals surface area contributed by atoms with Gasteiger partial charge in [0.25, 0.3) is 5.92 Å². The van der Waals surface area contributed by atoms with Crippen molar-refractivity contribution in [2.75, 3.05) is 11.9 Å². The predicted octanol–water partition coefficient (Wildman–Crippen LogP) is 4.07. The molecule has 0 unspecified atom stereocenters. The summed E-state index contributed by atoms with van der Waals surface area (Å²) >= 11 is 0. The fourth-order valence-electron chi connectivity index (χ4n) is 2.26. The molecule has 0 aliphatic rings. The molecule has 2 aromatic heterocycles. The second kappa shape index (κ2) is 6.84. The first-order chi connectivity index (χ1) is 11.6. The van der Waals surface area contributed by atoms with Crippen LogP contribution in [0.3, 0.4) is 0 Å². The molecule has 0 atom stereocenters. The van der Waals surface area contributed by atoms with Gasteiger partial charge in [0.2, 0.25) is 0 Å². The molecular weight excluding hydrogens is 335 g/mol. The van der Waals surface area contributed by atoms with Crippen LogP contribution in [0.5, 0.6) is 0 Å². The fourth-order valence-corrected chi connectivity index (χ4v) is 2.26. The van der Waals surface area contributed by atoms with Crippen molar-refractivity contribution in [3.05, 3.63) is 66.4 Å². The number of allylic oxidation sites excluding steroid dienone is 2. The van der Waals surface area contributed by atoms with Crippen LogP contribution in [-0.4, -0.2) is 32.9 Å². The molecule has 0 amide bonds. The number of carboxylic acid groups (broad SMARTS) is 1. The smallest absolute Gasteiger partial charge is 0.355 e. The minimum absolute atomic E-state index is 0.123.